The lowest BCUT2D eigenvalue weighted by Gasteiger charge is -2.09. The average molecular weight is 426 g/mol. The van der Waals surface area contributed by atoms with Gasteiger partial charge in [0, 0.05) is 23.6 Å². The van der Waals surface area contributed by atoms with Gasteiger partial charge in [-0.15, -0.1) is 0 Å². The van der Waals surface area contributed by atoms with Crippen molar-refractivity contribution in [2.45, 2.75) is 17.7 Å². The van der Waals surface area contributed by atoms with Crippen LogP contribution in [-0.2, 0) is 15.3 Å². The number of hydrogen-bond donors (Lipinski definition) is 2. The Morgan fingerprint density at radius 3 is 2.63 bits per heavy atom. The minimum Gasteiger partial charge on any atom is -0.452 e. The number of amides is 2. The lowest BCUT2D eigenvalue weighted by atomic mass is 10.2. The zero-order chi connectivity index (χ0) is 21.3. The molecule has 154 valence electrons. The molecule has 0 spiro atoms. The third-order valence-electron chi connectivity index (χ3n) is 3.71. The fraction of sp³-hybridized carbons (Fsp3) is 0.150. The molecule has 1 aromatic carbocycles. The molecule has 2 heterocycles. The maximum atomic E-state index is 12.4. The van der Waals surface area contributed by atoms with Crippen LogP contribution >= 0.6 is 11.8 Å². The van der Waals surface area contributed by atoms with Gasteiger partial charge < -0.3 is 9.26 Å². The quantitative estimate of drug-likeness (QED) is 0.335. The van der Waals surface area contributed by atoms with Crippen molar-refractivity contribution in [2.75, 3.05) is 6.61 Å². The summed E-state index contributed by atoms with van der Waals surface area (Å²) in [6.45, 7) is 1.23. The molecule has 0 saturated carbocycles. The summed E-state index contributed by atoms with van der Waals surface area (Å²) in [5.74, 6) is -0.711. The van der Waals surface area contributed by atoms with Gasteiger partial charge in [0.25, 0.3) is 11.8 Å². The first-order valence-electron chi connectivity index (χ1n) is 8.84. The second kappa shape index (κ2) is 10.2. The van der Waals surface area contributed by atoms with Crippen molar-refractivity contribution in [1.29, 1.82) is 0 Å². The number of nitrogens with zero attached hydrogens (tertiary/aromatic N) is 2. The van der Waals surface area contributed by atoms with Crippen molar-refractivity contribution in [3.63, 3.8) is 0 Å². The Morgan fingerprint density at radius 1 is 1.10 bits per heavy atom. The zero-order valence-electron chi connectivity index (χ0n) is 16.0. The van der Waals surface area contributed by atoms with Gasteiger partial charge in [0.05, 0.1) is 11.3 Å². The Labute approximate surface area is 176 Å². The van der Waals surface area contributed by atoms with Gasteiger partial charge in [-0.2, -0.15) is 0 Å². The van der Waals surface area contributed by atoms with Gasteiger partial charge in [0.15, 0.2) is 6.61 Å². The summed E-state index contributed by atoms with van der Waals surface area (Å²) < 4.78 is 10.0. The number of aromatic nitrogens is 2. The summed E-state index contributed by atoms with van der Waals surface area (Å²) in [5, 5.41) is 4.34. The van der Waals surface area contributed by atoms with E-state index in [-0.39, 0.29) is 5.56 Å². The van der Waals surface area contributed by atoms with Crippen LogP contribution in [0.25, 0.3) is 0 Å². The number of thioether (sulfide) groups is 1. The molecule has 0 aliphatic rings. The van der Waals surface area contributed by atoms with Crippen LogP contribution in [0.5, 0.6) is 0 Å². The molecule has 0 aliphatic carbocycles. The van der Waals surface area contributed by atoms with E-state index >= 15 is 0 Å². The molecule has 0 saturated heterocycles. The normalized spacial score (nSPS) is 10.3. The molecule has 0 radical (unpaired) electrons. The van der Waals surface area contributed by atoms with Gasteiger partial charge in [-0.25, -0.2) is 9.78 Å². The third kappa shape index (κ3) is 5.92. The second-order valence-electron chi connectivity index (χ2n) is 6.02. The van der Waals surface area contributed by atoms with E-state index in [1.54, 1.807) is 61.7 Å². The molecule has 2 aromatic heterocycles. The van der Waals surface area contributed by atoms with Gasteiger partial charge in [0.2, 0.25) is 0 Å². The summed E-state index contributed by atoms with van der Waals surface area (Å²) in [5.41, 5.74) is 5.78. The predicted molar refractivity (Wildman–Crippen MR) is 107 cm³/mol. The Hall–Kier alpha value is -3.66. The largest absolute Gasteiger partial charge is 0.452 e. The minimum atomic E-state index is -0.702. The van der Waals surface area contributed by atoms with Gasteiger partial charge in [-0.3, -0.25) is 20.4 Å². The van der Waals surface area contributed by atoms with Crippen molar-refractivity contribution in [1.82, 2.24) is 21.0 Å². The van der Waals surface area contributed by atoms with E-state index in [1.165, 1.54) is 11.8 Å². The molecule has 10 heteroatoms. The van der Waals surface area contributed by atoms with E-state index < -0.39 is 24.4 Å². The van der Waals surface area contributed by atoms with Crippen LogP contribution in [0.4, 0.5) is 0 Å². The highest BCUT2D eigenvalue weighted by molar-refractivity contribution is 7.98. The predicted octanol–water partition coefficient (Wildman–Crippen LogP) is 2.29. The van der Waals surface area contributed by atoms with E-state index in [0.717, 1.165) is 5.69 Å². The number of carbonyl (C=O) groups is 3. The molecular weight excluding hydrogens is 408 g/mol. The molecule has 2 amide bonds. The van der Waals surface area contributed by atoms with Crippen molar-refractivity contribution >= 4 is 29.5 Å². The number of benzene rings is 1. The fourth-order valence-electron chi connectivity index (χ4n) is 2.32. The Kier molecular flexibility index (Phi) is 7.17. The summed E-state index contributed by atoms with van der Waals surface area (Å²) in [7, 11) is 0. The van der Waals surface area contributed by atoms with Crippen molar-refractivity contribution in [3.8, 4) is 0 Å². The lowest BCUT2D eigenvalue weighted by molar-refractivity contribution is -0.125. The van der Waals surface area contributed by atoms with Gasteiger partial charge >= 0.3 is 5.97 Å². The number of pyridine rings is 1. The molecule has 0 aliphatic heterocycles. The lowest BCUT2D eigenvalue weighted by Crippen LogP contribution is -2.43. The van der Waals surface area contributed by atoms with Crippen LogP contribution < -0.4 is 10.9 Å². The van der Waals surface area contributed by atoms with E-state index in [9.17, 15) is 14.4 Å². The molecule has 2 N–H and O–H groups in total. The number of ether oxygens (including phenoxy) is 1. The molecule has 0 bridgehead atoms. The van der Waals surface area contributed by atoms with E-state index in [4.69, 9.17) is 9.26 Å². The van der Waals surface area contributed by atoms with Gasteiger partial charge in [-0.1, -0.05) is 35.1 Å². The van der Waals surface area contributed by atoms with Crippen LogP contribution in [-0.4, -0.2) is 34.5 Å². The number of hydrazine groups is 1. The molecule has 0 fully saturated rings. The van der Waals surface area contributed by atoms with Gasteiger partial charge in [-0.05, 0) is 31.2 Å². The Balaban J connectivity index is 1.49. The van der Waals surface area contributed by atoms with Crippen molar-refractivity contribution in [2.24, 2.45) is 0 Å². The summed E-state index contributed by atoms with van der Waals surface area (Å²) in [6.07, 6.45) is 1.55. The van der Waals surface area contributed by atoms with E-state index in [0.29, 0.717) is 22.1 Å². The SMILES string of the molecule is Cc1cc(CSc2ncccc2C(=O)OCC(=O)NNC(=O)c2ccccc2)no1. The molecule has 3 aromatic rings. The molecule has 0 atom stereocenters. The zero-order valence-corrected chi connectivity index (χ0v) is 16.8. The monoisotopic (exact) mass is 426 g/mol. The number of esters is 1. The molecular formula is C20H18N4O5S. The van der Waals surface area contributed by atoms with Crippen LogP contribution in [0.1, 0.15) is 32.2 Å². The molecule has 9 nitrogen and oxygen atoms in total. The first kappa shape index (κ1) is 21.1. The van der Waals surface area contributed by atoms with E-state index in [1.807, 2.05) is 0 Å². The van der Waals surface area contributed by atoms with Crippen molar-refractivity contribution < 1.29 is 23.6 Å². The van der Waals surface area contributed by atoms with Crippen LogP contribution in [0, 0.1) is 6.92 Å². The summed E-state index contributed by atoms with van der Waals surface area (Å²) in [6, 6.07) is 13.3. The standard InChI is InChI=1S/C20H18N4O5S/c1-13-10-15(24-29-13)12-30-19-16(8-5-9-21-19)20(27)28-11-17(25)22-23-18(26)14-6-3-2-4-7-14/h2-10H,11-12H2,1H3,(H,22,25)(H,23,26). The fourth-order valence-corrected chi connectivity index (χ4v) is 3.19. The Bertz CT molecular complexity index is 1040. The molecule has 30 heavy (non-hydrogen) atoms. The van der Waals surface area contributed by atoms with Crippen LogP contribution in [0.3, 0.4) is 0 Å². The maximum absolute atomic E-state index is 12.4. The van der Waals surface area contributed by atoms with Gasteiger partial charge in [0.1, 0.15) is 10.8 Å². The minimum absolute atomic E-state index is 0.226. The van der Waals surface area contributed by atoms with Crippen LogP contribution in [0.15, 0.2) is 64.3 Å². The maximum Gasteiger partial charge on any atom is 0.341 e. The third-order valence-corrected chi connectivity index (χ3v) is 4.75. The highest BCUT2D eigenvalue weighted by Crippen LogP contribution is 2.24. The summed E-state index contributed by atoms with van der Waals surface area (Å²) in [4.78, 5) is 40.3. The second-order valence-corrected chi connectivity index (χ2v) is 6.98. The number of nitrogens with one attached hydrogen (secondary N) is 2. The first-order valence-corrected chi connectivity index (χ1v) is 9.83. The molecule has 3 rings (SSSR count). The number of hydrogen-bond acceptors (Lipinski definition) is 8. The van der Waals surface area contributed by atoms with Crippen LogP contribution in [0.2, 0.25) is 0 Å². The average Bonchev–Trinajstić information content (AvgIpc) is 3.20. The molecule has 0 unspecified atom stereocenters. The smallest absolute Gasteiger partial charge is 0.341 e. The summed E-state index contributed by atoms with van der Waals surface area (Å²) >= 11 is 1.30. The topological polar surface area (TPSA) is 123 Å². The highest BCUT2D eigenvalue weighted by Gasteiger charge is 2.17. The first-order chi connectivity index (χ1) is 14.5. The number of rotatable bonds is 7. The number of carbonyl (C=O) groups excluding carboxylic acids is 3. The van der Waals surface area contributed by atoms with Crippen molar-refractivity contribution in [3.05, 3.63) is 77.3 Å². The number of aryl methyl sites for hydroxylation is 1. The Morgan fingerprint density at radius 2 is 1.90 bits per heavy atom. The highest BCUT2D eigenvalue weighted by atomic mass is 32.2. The van der Waals surface area contributed by atoms with E-state index in [2.05, 4.69) is 21.0 Å².